The van der Waals surface area contributed by atoms with E-state index in [2.05, 4.69) is 42.4 Å². The topological polar surface area (TPSA) is 72.7 Å². The molecular weight excluding hydrogens is 495 g/mol. The molecule has 3 heterocycles. The van der Waals surface area contributed by atoms with Crippen LogP contribution in [0, 0.1) is 5.92 Å². The van der Waals surface area contributed by atoms with Gasteiger partial charge >= 0.3 is 0 Å². The highest BCUT2D eigenvalue weighted by atomic mass is 127. The van der Waals surface area contributed by atoms with E-state index in [1.165, 1.54) is 0 Å². The van der Waals surface area contributed by atoms with E-state index >= 15 is 0 Å². The summed E-state index contributed by atoms with van der Waals surface area (Å²) in [6, 6.07) is 5.42. The molecule has 1 saturated carbocycles. The van der Waals surface area contributed by atoms with Crippen LogP contribution in [0.2, 0.25) is 10.3 Å². The second-order valence-electron chi connectivity index (χ2n) is 5.73. The lowest BCUT2D eigenvalue weighted by atomic mass is 10.2. The highest BCUT2D eigenvalue weighted by Crippen LogP contribution is 2.47. The molecule has 4 rings (SSSR count). The average molecular weight is 506 g/mol. The van der Waals surface area contributed by atoms with E-state index in [4.69, 9.17) is 23.2 Å². The largest absolute Gasteiger partial charge is 0.310 e. The molecule has 1 aliphatic rings. The van der Waals surface area contributed by atoms with Gasteiger partial charge in [-0.3, -0.25) is 4.79 Å². The van der Waals surface area contributed by atoms with Crippen LogP contribution in [0.3, 0.4) is 0 Å². The number of fused-ring (bicyclic) bond motifs is 1. The molecule has 1 unspecified atom stereocenters. The molecule has 3 aromatic rings. The summed E-state index contributed by atoms with van der Waals surface area (Å²) < 4.78 is 1.88. The third-order valence-electron chi connectivity index (χ3n) is 4.09. The molecule has 3 aromatic heterocycles. The lowest BCUT2D eigenvalue weighted by Crippen LogP contribution is -2.15. The predicted octanol–water partition coefficient (Wildman–Crippen LogP) is 4.67. The maximum atomic E-state index is 12.5. The van der Waals surface area contributed by atoms with Crippen LogP contribution in [0.25, 0.3) is 10.8 Å². The zero-order valence-electron chi connectivity index (χ0n) is 12.6. The number of anilines is 1. The molecule has 0 aromatic carbocycles. The molecule has 1 N–H and O–H groups in total. The first-order valence-electron chi connectivity index (χ1n) is 7.40. The van der Waals surface area contributed by atoms with Crippen molar-refractivity contribution in [2.75, 3.05) is 5.32 Å². The van der Waals surface area contributed by atoms with Gasteiger partial charge in [-0.15, -0.1) is 0 Å². The molecule has 128 valence electrons. The lowest BCUT2D eigenvalue weighted by Gasteiger charge is -2.06. The highest BCUT2D eigenvalue weighted by molar-refractivity contribution is 14.2. The van der Waals surface area contributed by atoms with Crippen LogP contribution in [-0.4, -0.2) is 25.4 Å². The fourth-order valence-corrected chi connectivity index (χ4v) is 4.34. The van der Waals surface area contributed by atoms with Gasteiger partial charge in [-0.25, -0.2) is 14.4 Å². The van der Waals surface area contributed by atoms with Crippen molar-refractivity contribution in [2.45, 2.75) is 12.3 Å². The number of aromatic nitrogens is 4. The van der Waals surface area contributed by atoms with Crippen LogP contribution < -0.4 is 5.32 Å². The Hall–Kier alpha value is -1.02. The van der Waals surface area contributed by atoms with Crippen LogP contribution in [0.5, 0.6) is 0 Å². The third kappa shape index (κ3) is 3.60. The Kier molecular flexibility index (Phi) is 4.83. The fraction of sp³-hybridized carbons (Fsp3) is 0.200. The van der Waals surface area contributed by atoms with Gasteiger partial charge in [0.25, 0.3) is 0 Å². The molecule has 0 spiro atoms. The van der Waals surface area contributed by atoms with Crippen molar-refractivity contribution in [2.24, 2.45) is 5.92 Å². The normalized spacial score (nSPS) is 19.6. The predicted molar refractivity (Wildman–Crippen MR) is 109 cm³/mol. The molecule has 25 heavy (non-hydrogen) atoms. The van der Waals surface area contributed by atoms with Crippen LogP contribution in [0.15, 0.2) is 30.6 Å². The van der Waals surface area contributed by atoms with Crippen molar-refractivity contribution in [3.05, 3.63) is 46.6 Å². The van der Waals surface area contributed by atoms with Crippen molar-refractivity contribution in [3.8, 4) is 0 Å². The van der Waals surface area contributed by atoms with E-state index < -0.39 is 0 Å². The number of hydrogen-bond acceptors (Lipinski definition) is 4. The van der Waals surface area contributed by atoms with Crippen LogP contribution in [0.1, 0.15) is 18.0 Å². The summed E-state index contributed by atoms with van der Waals surface area (Å²) in [6.45, 7) is 0. The molecule has 3 atom stereocenters. The van der Waals surface area contributed by atoms with Gasteiger partial charge in [-0.1, -0.05) is 23.2 Å². The third-order valence-corrected chi connectivity index (χ3v) is 6.48. The van der Waals surface area contributed by atoms with Crippen molar-refractivity contribution in [1.82, 2.24) is 19.5 Å². The minimum atomic E-state index is -0.0667. The number of nitrogens with zero attached hydrogens (tertiary/aromatic N) is 4. The van der Waals surface area contributed by atoms with Gasteiger partial charge in [-0.05, 0) is 52.0 Å². The van der Waals surface area contributed by atoms with E-state index in [0.29, 0.717) is 27.9 Å². The summed E-state index contributed by atoms with van der Waals surface area (Å²) in [4.78, 5) is 20.7. The molecule has 0 bridgehead atoms. The fourth-order valence-electron chi connectivity index (χ4n) is 2.76. The Labute approximate surface area is 168 Å². The van der Waals surface area contributed by atoms with Crippen molar-refractivity contribution in [1.29, 1.82) is 0 Å². The SMILES string of the molecule is O=C(Nc1cc2cc(Cl)nc(Cl)c2cn1)[C@@H]1C[C@H]1c1ccn(PI)n1. The zero-order chi connectivity index (χ0) is 17.6. The molecule has 1 amide bonds. The van der Waals surface area contributed by atoms with Crippen molar-refractivity contribution >= 4 is 74.1 Å². The van der Waals surface area contributed by atoms with Gasteiger partial charge in [0.05, 0.1) is 12.1 Å². The summed E-state index contributed by atoms with van der Waals surface area (Å²) in [6.07, 6.45) is 4.90. The lowest BCUT2D eigenvalue weighted by molar-refractivity contribution is -0.117. The highest BCUT2D eigenvalue weighted by Gasteiger charge is 2.45. The van der Waals surface area contributed by atoms with Crippen molar-refractivity contribution in [3.63, 3.8) is 0 Å². The van der Waals surface area contributed by atoms with E-state index in [1.807, 2.05) is 16.7 Å². The molecular formula is C15H11Cl2IN5OP. The van der Waals surface area contributed by atoms with E-state index in [9.17, 15) is 4.79 Å². The van der Waals surface area contributed by atoms with Gasteiger partial charge in [0.15, 0.2) is 0 Å². The summed E-state index contributed by atoms with van der Waals surface area (Å²) in [5.41, 5.74) is 0.973. The molecule has 1 fully saturated rings. The molecule has 10 heteroatoms. The summed E-state index contributed by atoms with van der Waals surface area (Å²) in [7, 11) is 0. The molecule has 0 saturated heterocycles. The maximum absolute atomic E-state index is 12.5. The van der Waals surface area contributed by atoms with E-state index in [1.54, 1.807) is 18.3 Å². The maximum Gasteiger partial charge on any atom is 0.229 e. The molecule has 1 aliphatic carbocycles. The summed E-state index contributed by atoms with van der Waals surface area (Å²) in [5.74, 6) is 0.542. The Morgan fingerprint density at radius 2 is 2.24 bits per heavy atom. The van der Waals surface area contributed by atoms with Gasteiger partial charge in [0.1, 0.15) is 16.1 Å². The first kappa shape index (κ1) is 17.4. The van der Waals surface area contributed by atoms with Crippen LogP contribution in [0.4, 0.5) is 5.82 Å². The number of nitrogens with one attached hydrogen (secondary N) is 1. The molecule has 0 radical (unpaired) electrons. The number of hydrogen-bond donors (Lipinski definition) is 1. The van der Waals surface area contributed by atoms with E-state index in [-0.39, 0.29) is 17.7 Å². The van der Waals surface area contributed by atoms with Gasteiger partial charge in [0, 0.05) is 29.6 Å². The Morgan fingerprint density at radius 3 is 3.00 bits per heavy atom. The first-order valence-corrected chi connectivity index (χ1v) is 12.2. The Morgan fingerprint density at radius 1 is 1.40 bits per heavy atom. The smallest absolute Gasteiger partial charge is 0.229 e. The number of rotatable bonds is 4. The first-order chi connectivity index (χ1) is 12.0. The zero-order valence-corrected chi connectivity index (χ0v) is 17.2. The number of halogens is 3. The summed E-state index contributed by atoms with van der Waals surface area (Å²) >= 11 is 14.3. The van der Waals surface area contributed by atoms with E-state index in [0.717, 1.165) is 17.5 Å². The van der Waals surface area contributed by atoms with Crippen LogP contribution in [-0.2, 0) is 4.79 Å². The molecule has 0 aliphatic heterocycles. The van der Waals surface area contributed by atoms with Crippen LogP contribution >= 0.6 is 51.6 Å². The second-order valence-corrected chi connectivity index (χ2v) is 8.55. The summed E-state index contributed by atoms with van der Waals surface area (Å²) in [5, 5.41) is 9.41. The standard InChI is InChI=1S/C15H11Cl2IN5OP/c16-12-3-7-4-13(19-6-10(7)14(17)20-12)21-15(24)9-5-8(9)11-1-2-23(22-11)25-18/h1-4,6,8-9,25H,5H2,(H,19,21,24)/t8-,9-/m1/s1. The number of amides is 1. The minimum absolute atomic E-state index is 0.0467. The average Bonchev–Trinajstić information content (AvgIpc) is 3.24. The Balaban J connectivity index is 1.49. The molecule has 6 nitrogen and oxygen atoms in total. The second kappa shape index (κ2) is 6.95. The van der Waals surface area contributed by atoms with Gasteiger partial charge in [0.2, 0.25) is 5.91 Å². The monoisotopic (exact) mass is 505 g/mol. The quantitative estimate of drug-likeness (QED) is 0.318. The van der Waals surface area contributed by atoms with Crippen molar-refractivity contribution < 1.29 is 4.79 Å². The number of pyridine rings is 2. The van der Waals surface area contributed by atoms with Gasteiger partial charge in [-0.2, -0.15) is 5.10 Å². The number of carbonyl (C=O) groups excluding carboxylic acids is 1. The Bertz CT molecular complexity index is 982. The number of carbonyl (C=O) groups is 1. The minimum Gasteiger partial charge on any atom is -0.310 e. The van der Waals surface area contributed by atoms with Gasteiger partial charge < -0.3 is 5.32 Å².